The summed E-state index contributed by atoms with van der Waals surface area (Å²) in [5.41, 5.74) is 8.67. The van der Waals surface area contributed by atoms with E-state index < -0.39 is 0 Å². The first kappa shape index (κ1) is 11.5. The molecule has 0 fully saturated rings. The van der Waals surface area contributed by atoms with Gasteiger partial charge >= 0.3 is 0 Å². The summed E-state index contributed by atoms with van der Waals surface area (Å²) in [5, 5.41) is 9.79. The van der Waals surface area contributed by atoms with Gasteiger partial charge in [-0.2, -0.15) is 0 Å². The van der Waals surface area contributed by atoms with Crippen molar-refractivity contribution in [2.24, 2.45) is 5.73 Å². The summed E-state index contributed by atoms with van der Waals surface area (Å²) in [5.74, 6) is 0.358. The number of aryl methyl sites for hydroxylation is 2. The Bertz CT molecular complexity index is 337. The minimum absolute atomic E-state index is 0.358. The first-order valence-electron chi connectivity index (χ1n) is 4.75. The Morgan fingerprint density at radius 2 is 2.07 bits per heavy atom. The zero-order chi connectivity index (χ0) is 10.7. The number of halogens is 1. The molecular weight excluding hydrogens is 242 g/mol. The van der Waals surface area contributed by atoms with Crippen LogP contribution in [0.4, 0.5) is 0 Å². The number of phenols is 1. The average molecular weight is 258 g/mol. The molecule has 78 valence electrons. The molecule has 0 saturated carbocycles. The second-order valence-electron chi connectivity index (χ2n) is 3.53. The van der Waals surface area contributed by atoms with E-state index in [4.69, 9.17) is 5.73 Å². The van der Waals surface area contributed by atoms with E-state index in [1.165, 1.54) is 5.56 Å². The second kappa shape index (κ2) is 4.80. The van der Waals surface area contributed by atoms with E-state index in [2.05, 4.69) is 22.0 Å². The summed E-state index contributed by atoms with van der Waals surface area (Å²) in [4.78, 5) is 0. The van der Waals surface area contributed by atoms with E-state index in [9.17, 15) is 5.11 Å². The maximum Gasteiger partial charge on any atom is 0.133 e. The van der Waals surface area contributed by atoms with Crippen LogP contribution in [0.2, 0.25) is 0 Å². The molecule has 0 aliphatic rings. The molecule has 0 aliphatic carbocycles. The van der Waals surface area contributed by atoms with E-state index in [0.29, 0.717) is 12.3 Å². The van der Waals surface area contributed by atoms with Crippen molar-refractivity contribution in [1.82, 2.24) is 0 Å². The van der Waals surface area contributed by atoms with Gasteiger partial charge in [0.25, 0.3) is 0 Å². The lowest BCUT2D eigenvalue weighted by molar-refractivity contribution is 0.466. The quantitative estimate of drug-likeness (QED) is 0.875. The fraction of sp³-hybridized carbons (Fsp3) is 0.455. The number of aromatic hydroxyl groups is 1. The first-order chi connectivity index (χ1) is 6.57. The van der Waals surface area contributed by atoms with Crippen LogP contribution in [0, 0.1) is 13.8 Å². The Balaban J connectivity index is 3.06. The summed E-state index contributed by atoms with van der Waals surface area (Å²) < 4.78 is 0.798. The number of rotatable bonds is 3. The normalized spacial score (nSPS) is 10.6. The minimum Gasteiger partial charge on any atom is -0.506 e. The van der Waals surface area contributed by atoms with Crippen LogP contribution in [0.25, 0.3) is 0 Å². The maximum atomic E-state index is 9.79. The lowest BCUT2D eigenvalue weighted by Crippen LogP contribution is -2.02. The third-order valence-corrected chi connectivity index (χ3v) is 3.43. The Morgan fingerprint density at radius 3 is 2.64 bits per heavy atom. The van der Waals surface area contributed by atoms with Gasteiger partial charge in [-0.1, -0.05) is 6.07 Å². The van der Waals surface area contributed by atoms with Crippen molar-refractivity contribution in [2.75, 3.05) is 6.54 Å². The number of nitrogens with two attached hydrogens (primary N) is 1. The fourth-order valence-electron chi connectivity index (χ4n) is 1.49. The molecular formula is C11H16BrNO. The van der Waals surface area contributed by atoms with Gasteiger partial charge in [0, 0.05) is 0 Å². The molecule has 0 spiro atoms. The Kier molecular flexibility index (Phi) is 3.96. The average Bonchev–Trinajstić information content (AvgIpc) is 2.18. The van der Waals surface area contributed by atoms with Crippen LogP contribution in [0.1, 0.15) is 23.1 Å². The van der Waals surface area contributed by atoms with E-state index in [1.807, 2.05) is 13.8 Å². The van der Waals surface area contributed by atoms with E-state index >= 15 is 0 Å². The minimum atomic E-state index is 0.358. The molecule has 3 heteroatoms. The molecule has 14 heavy (non-hydrogen) atoms. The third-order valence-electron chi connectivity index (χ3n) is 2.43. The molecule has 0 unspecified atom stereocenters. The van der Waals surface area contributed by atoms with Gasteiger partial charge in [0.2, 0.25) is 0 Å². The summed E-state index contributed by atoms with van der Waals surface area (Å²) in [6.07, 6.45) is 1.89. The summed E-state index contributed by atoms with van der Waals surface area (Å²) in [6.45, 7) is 4.61. The van der Waals surface area contributed by atoms with Gasteiger partial charge in [-0.3, -0.25) is 0 Å². The van der Waals surface area contributed by atoms with Crippen molar-refractivity contribution >= 4 is 15.9 Å². The van der Waals surface area contributed by atoms with Crippen LogP contribution in [0.5, 0.6) is 5.75 Å². The van der Waals surface area contributed by atoms with Gasteiger partial charge in [0.1, 0.15) is 5.75 Å². The van der Waals surface area contributed by atoms with E-state index in [1.54, 1.807) is 0 Å². The third kappa shape index (κ3) is 2.28. The molecule has 0 aromatic heterocycles. The molecule has 3 N–H and O–H groups in total. The SMILES string of the molecule is Cc1cc(CCCN)c(C)c(O)c1Br. The van der Waals surface area contributed by atoms with E-state index in [-0.39, 0.29) is 0 Å². The highest BCUT2D eigenvalue weighted by Crippen LogP contribution is 2.33. The van der Waals surface area contributed by atoms with Crippen molar-refractivity contribution in [3.63, 3.8) is 0 Å². The smallest absolute Gasteiger partial charge is 0.133 e. The largest absolute Gasteiger partial charge is 0.506 e. The monoisotopic (exact) mass is 257 g/mol. The predicted molar refractivity (Wildman–Crippen MR) is 62.7 cm³/mol. The molecule has 0 heterocycles. The molecule has 2 nitrogen and oxygen atoms in total. The van der Waals surface area contributed by atoms with Gasteiger partial charge in [0.15, 0.2) is 0 Å². The number of phenolic OH excluding ortho intramolecular Hbond substituents is 1. The highest BCUT2D eigenvalue weighted by molar-refractivity contribution is 9.10. The topological polar surface area (TPSA) is 46.2 Å². The number of benzene rings is 1. The van der Waals surface area contributed by atoms with Gasteiger partial charge in [-0.15, -0.1) is 0 Å². The van der Waals surface area contributed by atoms with Crippen LogP contribution >= 0.6 is 15.9 Å². The molecule has 0 atom stereocenters. The van der Waals surface area contributed by atoms with Crippen molar-refractivity contribution in [1.29, 1.82) is 0 Å². The first-order valence-corrected chi connectivity index (χ1v) is 5.54. The zero-order valence-electron chi connectivity index (χ0n) is 8.60. The molecule has 0 saturated heterocycles. The molecule has 0 amide bonds. The fourth-order valence-corrected chi connectivity index (χ4v) is 1.90. The van der Waals surface area contributed by atoms with Gasteiger partial charge < -0.3 is 10.8 Å². The Morgan fingerprint density at radius 1 is 1.43 bits per heavy atom. The van der Waals surface area contributed by atoms with Crippen LogP contribution in [-0.2, 0) is 6.42 Å². The summed E-state index contributed by atoms with van der Waals surface area (Å²) >= 11 is 3.36. The Labute approximate surface area is 93.3 Å². The lowest BCUT2D eigenvalue weighted by Gasteiger charge is -2.11. The summed E-state index contributed by atoms with van der Waals surface area (Å²) in [7, 11) is 0. The van der Waals surface area contributed by atoms with Crippen molar-refractivity contribution < 1.29 is 5.11 Å². The Hall–Kier alpha value is -0.540. The molecule has 0 radical (unpaired) electrons. The van der Waals surface area contributed by atoms with Crippen LogP contribution in [-0.4, -0.2) is 11.7 Å². The highest BCUT2D eigenvalue weighted by Gasteiger charge is 2.09. The second-order valence-corrected chi connectivity index (χ2v) is 4.33. The van der Waals surface area contributed by atoms with Crippen LogP contribution in [0.3, 0.4) is 0 Å². The number of hydrogen-bond donors (Lipinski definition) is 2. The van der Waals surface area contributed by atoms with Crippen LogP contribution < -0.4 is 5.73 Å². The number of hydrogen-bond acceptors (Lipinski definition) is 2. The van der Waals surface area contributed by atoms with Crippen LogP contribution in [0.15, 0.2) is 10.5 Å². The van der Waals surface area contributed by atoms with Gasteiger partial charge in [0.05, 0.1) is 4.47 Å². The molecule has 1 rings (SSSR count). The van der Waals surface area contributed by atoms with E-state index in [0.717, 1.165) is 28.4 Å². The molecule has 0 aliphatic heterocycles. The molecule has 1 aromatic carbocycles. The summed E-state index contributed by atoms with van der Waals surface area (Å²) in [6, 6.07) is 2.11. The van der Waals surface area contributed by atoms with Gasteiger partial charge in [-0.05, 0) is 65.9 Å². The van der Waals surface area contributed by atoms with Crippen molar-refractivity contribution in [3.05, 3.63) is 27.2 Å². The predicted octanol–water partition coefficient (Wildman–Crippen LogP) is 2.66. The van der Waals surface area contributed by atoms with Crippen molar-refractivity contribution in [3.8, 4) is 5.75 Å². The van der Waals surface area contributed by atoms with Gasteiger partial charge in [-0.25, -0.2) is 0 Å². The highest BCUT2D eigenvalue weighted by atomic mass is 79.9. The maximum absolute atomic E-state index is 9.79. The standard InChI is InChI=1S/C11H16BrNO/c1-7-6-9(4-3-5-13)8(2)11(14)10(7)12/h6,14H,3-5,13H2,1-2H3. The zero-order valence-corrected chi connectivity index (χ0v) is 10.2. The molecule has 1 aromatic rings. The molecule has 0 bridgehead atoms. The lowest BCUT2D eigenvalue weighted by atomic mass is 10.0. The van der Waals surface area contributed by atoms with Crippen molar-refractivity contribution in [2.45, 2.75) is 26.7 Å².